The number of hydrogen-bond donors (Lipinski definition) is 1. The van der Waals surface area contributed by atoms with Crippen molar-refractivity contribution in [2.75, 3.05) is 69.1 Å². The molecule has 4 heterocycles. The maximum absolute atomic E-state index is 12.8. The molecule has 0 aliphatic carbocycles. The Kier molecular flexibility index (Phi) is 8.27. The second-order valence-corrected chi connectivity index (χ2v) is 10.2. The Balaban J connectivity index is 1.03. The first-order valence-corrected chi connectivity index (χ1v) is 13.7. The van der Waals surface area contributed by atoms with Crippen LogP contribution in [0.5, 0.6) is 0 Å². The molecule has 37 heavy (non-hydrogen) atoms. The summed E-state index contributed by atoms with van der Waals surface area (Å²) in [6.07, 6.45) is 3.08. The van der Waals surface area contributed by atoms with E-state index in [0.717, 1.165) is 58.1 Å². The molecule has 1 N–H and O–H groups in total. The quantitative estimate of drug-likeness (QED) is 0.517. The zero-order valence-corrected chi connectivity index (χ0v) is 21.8. The smallest absolute Gasteiger partial charge is 0.323 e. The summed E-state index contributed by atoms with van der Waals surface area (Å²) in [6.45, 7) is 7.00. The molecule has 0 spiro atoms. The van der Waals surface area contributed by atoms with Gasteiger partial charge in [0, 0.05) is 70.5 Å². The van der Waals surface area contributed by atoms with Gasteiger partial charge in [-0.2, -0.15) is 0 Å². The fourth-order valence-corrected chi connectivity index (χ4v) is 5.41. The van der Waals surface area contributed by atoms with Crippen LogP contribution in [0.1, 0.15) is 11.3 Å². The minimum Gasteiger partial charge on any atom is -0.353 e. The molecular formula is C27H33N7O2S. The average molecular weight is 520 g/mol. The van der Waals surface area contributed by atoms with Crippen LogP contribution in [0.2, 0.25) is 0 Å². The van der Waals surface area contributed by atoms with Crippen molar-refractivity contribution in [2.24, 2.45) is 0 Å². The number of aromatic nitrogens is 2. The second kappa shape index (κ2) is 12.2. The van der Waals surface area contributed by atoms with Gasteiger partial charge in [0.2, 0.25) is 5.91 Å². The molecule has 2 fully saturated rings. The number of anilines is 2. The van der Waals surface area contributed by atoms with Gasteiger partial charge >= 0.3 is 6.03 Å². The topological polar surface area (TPSA) is 84.9 Å². The number of benzene rings is 1. The molecule has 2 aliphatic rings. The van der Waals surface area contributed by atoms with Crippen molar-refractivity contribution in [1.29, 1.82) is 0 Å². The highest BCUT2D eigenvalue weighted by Gasteiger charge is 2.24. The lowest BCUT2D eigenvalue weighted by molar-refractivity contribution is -0.132. The zero-order valence-electron chi connectivity index (χ0n) is 21.0. The van der Waals surface area contributed by atoms with Gasteiger partial charge in [-0.1, -0.05) is 36.4 Å². The first kappa shape index (κ1) is 25.2. The molecule has 1 aromatic carbocycles. The van der Waals surface area contributed by atoms with Crippen molar-refractivity contribution < 1.29 is 9.59 Å². The molecule has 3 aromatic rings. The van der Waals surface area contributed by atoms with Crippen LogP contribution >= 0.6 is 11.3 Å². The molecule has 5 rings (SSSR count). The number of urea groups is 1. The summed E-state index contributed by atoms with van der Waals surface area (Å²) in [5, 5.41) is 5.30. The molecule has 2 saturated heterocycles. The average Bonchev–Trinajstić information content (AvgIpc) is 3.39. The van der Waals surface area contributed by atoms with Crippen molar-refractivity contribution in [2.45, 2.75) is 12.8 Å². The van der Waals surface area contributed by atoms with Gasteiger partial charge in [0.1, 0.15) is 5.82 Å². The van der Waals surface area contributed by atoms with E-state index in [-0.39, 0.29) is 18.4 Å². The van der Waals surface area contributed by atoms with E-state index in [1.54, 1.807) is 11.1 Å². The Bertz CT molecular complexity index is 1160. The molecule has 0 radical (unpaired) electrons. The third-order valence-corrected chi connectivity index (χ3v) is 7.73. The van der Waals surface area contributed by atoms with Gasteiger partial charge in [-0.15, -0.1) is 11.3 Å². The van der Waals surface area contributed by atoms with E-state index in [1.807, 2.05) is 34.5 Å². The highest BCUT2D eigenvalue weighted by molar-refractivity contribution is 7.13. The number of pyridine rings is 1. The molecule has 10 heteroatoms. The fourth-order valence-electron chi connectivity index (χ4n) is 4.72. The summed E-state index contributed by atoms with van der Waals surface area (Å²) in [4.78, 5) is 42.8. The van der Waals surface area contributed by atoms with Crippen LogP contribution in [-0.4, -0.2) is 95.5 Å². The van der Waals surface area contributed by atoms with Crippen LogP contribution < -0.4 is 10.2 Å². The number of rotatable bonds is 7. The number of carbonyl (C=O) groups is 2. The molecule has 9 nitrogen and oxygen atoms in total. The Morgan fingerprint density at radius 1 is 0.865 bits per heavy atom. The molecule has 0 bridgehead atoms. The normalized spacial score (nSPS) is 16.6. The van der Waals surface area contributed by atoms with Gasteiger partial charge in [0.15, 0.2) is 5.13 Å². The number of nitrogens with zero attached hydrogens (tertiary/aromatic N) is 6. The van der Waals surface area contributed by atoms with E-state index >= 15 is 0 Å². The van der Waals surface area contributed by atoms with Gasteiger partial charge in [0.25, 0.3) is 0 Å². The third kappa shape index (κ3) is 6.84. The van der Waals surface area contributed by atoms with Crippen molar-refractivity contribution in [3.05, 3.63) is 71.4 Å². The van der Waals surface area contributed by atoms with E-state index in [2.05, 4.69) is 49.4 Å². The predicted molar refractivity (Wildman–Crippen MR) is 146 cm³/mol. The van der Waals surface area contributed by atoms with E-state index in [1.165, 1.54) is 16.9 Å². The van der Waals surface area contributed by atoms with Crippen LogP contribution in [0.3, 0.4) is 0 Å². The summed E-state index contributed by atoms with van der Waals surface area (Å²) in [5.41, 5.74) is 2.05. The molecule has 0 saturated carbocycles. The summed E-state index contributed by atoms with van der Waals surface area (Å²) in [7, 11) is 0. The van der Waals surface area contributed by atoms with Crippen molar-refractivity contribution >= 4 is 34.2 Å². The van der Waals surface area contributed by atoms with Gasteiger partial charge in [-0.3, -0.25) is 15.0 Å². The van der Waals surface area contributed by atoms with E-state index in [4.69, 9.17) is 0 Å². The third-order valence-electron chi connectivity index (χ3n) is 6.92. The summed E-state index contributed by atoms with van der Waals surface area (Å²) >= 11 is 1.36. The minimum atomic E-state index is -0.153. The van der Waals surface area contributed by atoms with E-state index in [0.29, 0.717) is 23.9 Å². The van der Waals surface area contributed by atoms with Gasteiger partial charge < -0.3 is 14.7 Å². The van der Waals surface area contributed by atoms with Crippen LogP contribution in [0, 0.1) is 0 Å². The number of nitrogens with one attached hydrogen (secondary N) is 1. The molecule has 194 valence electrons. The lowest BCUT2D eigenvalue weighted by Crippen LogP contribution is -2.50. The molecular weight excluding hydrogens is 486 g/mol. The van der Waals surface area contributed by atoms with Crippen LogP contribution in [0.15, 0.2) is 60.1 Å². The van der Waals surface area contributed by atoms with Crippen LogP contribution in [0.4, 0.5) is 15.7 Å². The van der Waals surface area contributed by atoms with Crippen LogP contribution in [0.25, 0.3) is 0 Å². The Hall–Kier alpha value is -3.50. The lowest BCUT2D eigenvalue weighted by Gasteiger charge is -2.35. The predicted octanol–water partition coefficient (Wildman–Crippen LogP) is 2.82. The number of carbonyl (C=O) groups excluding carboxylic acids is 2. The Morgan fingerprint density at radius 3 is 2.32 bits per heavy atom. The number of hydrogen-bond acceptors (Lipinski definition) is 7. The summed E-state index contributed by atoms with van der Waals surface area (Å²) in [5.74, 6) is 1.03. The summed E-state index contributed by atoms with van der Waals surface area (Å²) < 4.78 is 0. The SMILES string of the molecule is O=C(Cc1csc(NC(=O)N2CCN(c3ccccn3)CC2)n1)N1CCN(CCc2ccccc2)CC1. The Morgan fingerprint density at radius 2 is 1.59 bits per heavy atom. The Labute approximate surface area is 221 Å². The van der Waals surface area contributed by atoms with Gasteiger partial charge in [-0.25, -0.2) is 14.8 Å². The zero-order chi connectivity index (χ0) is 25.5. The highest BCUT2D eigenvalue weighted by atomic mass is 32.1. The molecule has 0 atom stereocenters. The fraction of sp³-hybridized carbons (Fsp3) is 0.407. The standard InChI is InChI=1S/C27H33N7O2S/c35-25(33-14-12-31(13-15-33)11-9-22-6-2-1-3-7-22)20-23-21-37-26(29-23)30-27(36)34-18-16-32(17-19-34)24-8-4-5-10-28-24/h1-8,10,21H,9,11-20H2,(H,29,30,36). The summed E-state index contributed by atoms with van der Waals surface area (Å²) in [6, 6.07) is 16.2. The monoisotopic (exact) mass is 519 g/mol. The molecule has 3 amide bonds. The van der Waals surface area contributed by atoms with Crippen molar-refractivity contribution in [3.63, 3.8) is 0 Å². The molecule has 2 aliphatic heterocycles. The van der Waals surface area contributed by atoms with Crippen LogP contribution in [-0.2, 0) is 17.6 Å². The maximum atomic E-state index is 12.8. The van der Waals surface area contributed by atoms with Gasteiger partial charge in [-0.05, 0) is 24.1 Å². The maximum Gasteiger partial charge on any atom is 0.323 e. The highest BCUT2D eigenvalue weighted by Crippen LogP contribution is 2.19. The van der Waals surface area contributed by atoms with Crippen molar-refractivity contribution in [3.8, 4) is 0 Å². The van der Waals surface area contributed by atoms with E-state index < -0.39 is 0 Å². The lowest BCUT2D eigenvalue weighted by atomic mass is 10.1. The minimum absolute atomic E-state index is 0.0940. The van der Waals surface area contributed by atoms with E-state index in [9.17, 15) is 9.59 Å². The molecule has 2 aromatic heterocycles. The second-order valence-electron chi connectivity index (χ2n) is 9.37. The molecule has 0 unspecified atom stereocenters. The van der Waals surface area contributed by atoms with Gasteiger partial charge in [0.05, 0.1) is 12.1 Å². The van der Waals surface area contributed by atoms with Crippen molar-refractivity contribution in [1.82, 2.24) is 24.7 Å². The largest absolute Gasteiger partial charge is 0.353 e. The number of thiazole rings is 1. The number of amides is 3. The first-order valence-electron chi connectivity index (χ1n) is 12.8. The number of piperazine rings is 2. The first-order chi connectivity index (χ1) is 18.1.